The Morgan fingerprint density at radius 1 is 0.561 bits per heavy atom. The summed E-state index contributed by atoms with van der Waals surface area (Å²) in [6.45, 7) is 4.18. The van der Waals surface area contributed by atoms with E-state index in [-0.39, 0.29) is 53.8 Å². The zero-order valence-corrected chi connectivity index (χ0v) is 44.9. The molecule has 0 fully saturated rings. The number of hydrogen-bond donors (Lipinski definition) is 3. The van der Waals surface area contributed by atoms with Crippen LogP contribution in [-0.2, 0) is 68.6 Å². The standard InChI is InChI=1S/C14H13FN2O3.C10H12FNO2.C10H10FNO2.C9H11NO3.C8H9NO3.C6H4FNO/c1-20-14(19)5-2-10-6-7-17(13(18)8-10)11-3-4-12(15)16-9-11;2*1-2-14-10(13)4-3-8-5-6-12-9(11)7-8;1-13-9(12)3-2-7-4-5-10-8(11)6-7;10-7-5-6(3-4-9-7)1-2-8(11)12;7-6-3-5(4-9)1-2-8-6/h3-4,6-9H,2,5H2,1H3;5-7H,2-4H2,1H3;3-7H,2H2,1H3;4-6H,2-3H2,1H3,(H,10,11);3-5H,1-2H2,(H,9,10)(H,11,12);1-4H/b;;4-3+;;;. The van der Waals surface area contributed by atoms with Gasteiger partial charge in [0.25, 0.3) is 5.56 Å². The van der Waals surface area contributed by atoms with E-state index in [0.717, 1.165) is 28.3 Å². The zero-order valence-electron chi connectivity index (χ0n) is 44.9. The van der Waals surface area contributed by atoms with Crippen LogP contribution < -0.4 is 16.7 Å². The van der Waals surface area contributed by atoms with Crippen LogP contribution in [0.5, 0.6) is 0 Å². The average Bonchev–Trinajstić information content (AvgIpc) is 3.52. The number of esters is 4. The second kappa shape index (κ2) is 39.3. The summed E-state index contributed by atoms with van der Waals surface area (Å²) in [6.07, 6.45) is 15.9. The first-order chi connectivity index (χ1) is 39.3. The maximum absolute atomic E-state index is 12.7. The van der Waals surface area contributed by atoms with Crippen molar-refractivity contribution in [3.8, 4) is 5.69 Å². The summed E-state index contributed by atoms with van der Waals surface area (Å²) >= 11 is 0. The SMILES string of the molecule is CCOC(=O)/C=C/c1ccnc(F)c1.CCOC(=O)CCc1ccnc(F)c1.COC(=O)CCc1cc[nH]c(=O)c1.COC(=O)CCc1ccn(-c2ccc(F)nc2)c(=O)c1.O=C(O)CCc1cc[nH]c(=O)c1.O=Cc1ccnc(F)c1. The van der Waals surface area contributed by atoms with Gasteiger partial charge in [0, 0.05) is 105 Å². The number of rotatable bonds is 18. The van der Waals surface area contributed by atoms with Gasteiger partial charge in [-0.25, -0.2) is 24.7 Å². The third kappa shape index (κ3) is 30.8. The highest BCUT2D eigenvalue weighted by Gasteiger charge is 2.07. The number of aromatic amines is 2. The molecular weight excluding hydrogens is 1080 g/mol. The fourth-order valence-corrected chi connectivity index (χ4v) is 6.08. The molecule has 434 valence electrons. The van der Waals surface area contributed by atoms with Crippen LogP contribution in [0.4, 0.5) is 17.6 Å². The monoisotopic (exact) mass is 1140 g/mol. The third-order valence-corrected chi connectivity index (χ3v) is 10.0. The Morgan fingerprint density at radius 2 is 1.05 bits per heavy atom. The van der Waals surface area contributed by atoms with Crippen LogP contribution in [-0.4, -0.2) is 103 Å². The van der Waals surface area contributed by atoms with Gasteiger partial charge in [0.1, 0.15) is 6.29 Å². The summed E-state index contributed by atoms with van der Waals surface area (Å²) in [6, 6.07) is 20.5. The number of carboxylic acids is 1. The first kappa shape index (κ1) is 68.0. The fourth-order valence-electron chi connectivity index (χ4n) is 6.08. The predicted octanol–water partition coefficient (Wildman–Crippen LogP) is 6.90. The molecule has 7 aromatic heterocycles. The van der Waals surface area contributed by atoms with Crippen LogP contribution in [0.3, 0.4) is 0 Å². The number of aliphatic carboxylic acids is 1. The summed E-state index contributed by atoms with van der Waals surface area (Å²) in [5.74, 6) is -4.46. The topological polar surface area (TPSA) is 299 Å². The quantitative estimate of drug-likeness (QED) is 0.0197. The van der Waals surface area contributed by atoms with E-state index in [4.69, 9.17) is 9.84 Å². The van der Waals surface area contributed by atoms with Gasteiger partial charge in [-0.05, 0) is 128 Å². The largest absolute Gasteiger partial charge is 0.481 e. The number of pyridine rings is 7. The zero-order chi connectivity index (χ0) is 60.7. The normalized spacial score (nSPS) is 9.90. The number of nitrogens with zero attached hydrogens (tertiary/aromatic N) is 5. The molecule has 0 radical (unpaired) electrons. The number of carbonyl (C=O) groups is 6. The molecule has 0 saturated carbocycles. The minimum Gasteiger partial charge on any atom is -0.481 e. The Labute approximate surface area is 466 Å². The number of aromatic nitrogens is 7. The van der Waals surface area contributed by atoms with Crippen LogP contribution in [0.1, 0.15) is 77.7 Å². The Balaban J connectivity index is 0.000000341. The molecule has 25 heteroatoms. The van der Waals surface area contributed by atoms with Gasteiger partial charge in [-0.1, -0.05) is 0 Å². The van der Waals surface area contributed by atoms with Crippen LogP contribution in [0.15, 0.2) is 149 Å². The van der Waals surface area contributed by atoms with Gasteiger partial charge >= 0.3 is 29.8 Å². The molecule has 82 heavy (non-hydrogen) atoms. The number of carboxylic acid groups (broad SMARTS) is 1. The summed E-state index contributed by atoms with van der Waals surface area (Å²) in [7, 11) is 2.67. The van der Waals surface area contributed by atoms with Crippen molar-refractivity contribution in [1.29, 1.82) is 0 Å². The van der Waals surface area contributed by atoms with Crippen molar-refractivity contribution in [2.45, 2.75) is 65.2 Å². The molecule has 0 spiro atoms. The fraction of sp³-hybridized carbons (Fsp3) is 0.246. The molecule has 7 rings (SSSR count). The van der Waals surface area contributed by atoms with Gasteiger partial charge < -0.3 is 34.0 Å². The van der Waals surface area contributed by atoms with E-state index in [1.807, 2.05) is 0 Å². The number of methoxy groups -OCH3 is 2. The van der Waals surface area contributed by atoms with Crippen molar-refractivity contribution >= 4 is 42.2 Å². The lowest BCUT2D eigenvalue weighted by Gasteiger charge is -2.06. The lowest BCUT2D eigenvalue weighted by Crippen LogP contribution is -2.17. The van der Waals surface area contributed by atoms with E-state index < -0.39 is 35.7 Å². The number of halogens is 4. The predicted molar refractivity (Wildman–Crippen MR) is 289 cm³/mol. The number of ether oxygens (including phenoxy) is 4. The molecular formula is C57H59F4N7O14. The maximum Gasteiger partial charge on any atom is 0.330 e. The van der Waals surface area contributed by atoms with Gasteiger partial charge in [0.05, 0.1) is 39.3 Å². The minimum atomic E-state index is -0.852. The first-order valence-electron chi connectivity index (χ1n) is 24.6. The average molecular weight is 1140 g/mol. The molecule has 0 bridgehead atoms. The van der Waals surface area contributed by atoms with Crippen molar-refractivity contribution in [1.82, 2.24) is 34.5 Å². The third-order valence-electron chi connectivity index (χ3n) is 10.0. The highest BCUT2D eigenvalue weighted by atomic mass is 19.1. The minimum absolute atomic E-state index is 0.0590. The number of nitrogens with one attached hydrogen (secondary N) is 2. The second-order valence-corrected chi connectivity index (χ2v) is 16.1. The summed E-state index contributed by atoms with van der Waals surface area (Å²) in [4.78, 5) is 116. The van der Waals surface area contributed by atoms with Crippen LogP contribution in [0, 0.1) is 23.8 Å². The molecule has 0 atom stereocenters. The number of hydrogen-bond acceptors (Lipinski definition) is 17. The molecule has 0 aliphatic rings. The lowest BCUT2D eigenvalue weighted by atomic mass is 10.1. The van der Waals surface area contributed by atoms with Crippen molar-refractivity contribution < 1.29 is 70.4 Å². The molecule has 0 saturated heterocycles. The van der Waals surface area contributed by atoms with Gasteiger partial charge in [0.15, 0.2) is 0 Å². The first-order valence-corrected chi connectivity index (χ1v) is 24.6. The second-order valence-electron chi connectivity index (χ2n) is 16.1. The van der Waals surface area contributed by atoms with E-state index in [1.165, 1.54) is 110 Å². The Morgan fingerprint density at radius 3 is 1.50 bits per heavy atom. The van der Waals surface area contributed by atoms with E-state index in [1.54, 1.807) is 56.6 Å². The van der Waals surface area contributed by atoms with E-state index >= 15 is 0 Å². The van der Waals surface area contributed by atoms with Gasteiger partial charge in [-0.15, -0.1) is 0 Å². The van der Waals surface area contributed by atoms with Crippen LogP contribution >= 0.6 is 0 Å². The van der Waals surface area contributed by atoms with E-state index in [2.05, 4.69) is 44.1 Å². The number of aryl methyl sites for hydroxylation is 4. The molecule has 0 aliphatic carbocycles. The molecule has 0 amide bonds. The van der Waals surface area contributed by atoms with Gasteiger partial charge in [-0.2, -0.15) is 17.6 Å². The summed E-state index contributed by atoms with van der Waals surface area (Å²) < 4.78 is 69.8. The summed E-state index contributed by atoms with van der Waals surface area (Å²) in [5, 5.41) is 8.36. The molecule has 0 unspecified atom stereocenters. The Bertz CT molecular complexity index is 3340. The highest BCUT2D eigenvalue weighted by molar-refractivity contribution is 5.87. The summed E-state index contributed by atoms with van der Waals surface area (Å²) in [5.41, 5.74) is 3.84. The van der Waals surface area contributed by atoms with E-state index in [0.29, 0.717) is 68.4 Å². The highest BCUT2D eigenvalue weighted by Crippen LogP contribution is 2.08. The Hall–Kier alpha value is -10.1. The van der Waals surface area contributed by atoms with E-state index in [9.17, 15) is 60.7 Å². The molecule has 3 N–H and O–H groups in total. The number of H-pyrrole nitrogens is 2. The Kier molecular flexibility index (Phi) is 32.6. The molecule has 7 aromatic rings. The van der Waals surface area contributed by atoms with Crippen molar-refractivity contribution in [2.24, 2.45) is 0 Å². The molecule has 7 heterocycles. The van der Waals surface area contributed by atoms with Crippen LogP contribution in [0.2, 0.25) is 0 Å². The molecule has 0 aliphatic heterocycles. The van der Waals surface area contributed by atoms with Crippen molar-refractivity contribution in [3.05, 3.63) is 223 Å². The maximum atomic E-state index is 12.7. The molecule has 21 nitrogen and oxygen atoms in total. The van der Waals surface area contributed by atoms with Gasteiger partial charge in [0.2, 0.25) is 34.9 Å². The van der Waals surface area contributed by atoms with Gasteiger partial charge in [-0.3, -0.25) is 42.9 Å². The molecule has 0 aromatic carbocycles. The number of carbonyl (C=O) groups excluding carboxylic acids is 5. The van der Waals surface area contributed by atoms with Crippen molar-refractivity contribution in [3.63, 3.8) is 0 Å². The number of aldehydes is 1. The lowest BCUT2D eigenvalue weighted by molar-refractivity contribution is -0.143. The van der Waals surface area contributed by atoms with Crippen LogP contribution in [0.25, 0.3) is 11.8 Å². The smallest absolute Gasteiger partial charge is 0.330 e. The van der Waals surface area contributed by atoms with Crippen molar-refractivity contribution in [2.75, 3.05) is 27.4 Å².